The Morgan fingerprint density at radius 2 is 1.94 bits per heavy atom. The SMILES string of the molecule is COc1cc2c(cc1N(C)[C@H]1CCCN[C@H]1c1ccccc1)C(C)(C(F)(F)F)OCC2O. The summed E-state index contributed by atoms with van der Waals surface area (Å²) in [7, 11) is 3.37. The van der Waals surface area contributed by atoms with Gasteiger partial charge in [-0.2, -0.15) is 13.2 Å². The Labute approximate surface area is 186 Å². The van der Waals surface area contributed by atoms with Crippen molar-refractivity contribution < 1.29 is 27.8 Å². The number of nitrogens with zero attached hydrogens (tertiary/aromatic N) is 1. The van der Waals surface area contributed by atoms with Crippen LogP contribution in [-0.2, 0) is 10.3 Å². The topological polar surface area (TPSA) is 54.0 Å². The van der Waals surface area contributed by atoms with Crippen molar-refractivity contribution in [1.82, 2.24) is 5.32 Å². The average molecular weight is 451 g/mol. The normalized spacial score (nSPS) is 28.2. The summed E-state index contributed by atoms with van der Waals surface area (Å²) in [4.78, 5) is 1.99. The van der Waals surface area contributed by atoms with Gasteiger partial charge in [-0.25, -0.2) is 0 Å². The molecule has 5 nitrogen and oxygen atoms in total. The van der Waals surface area contributed by atoms with E-state index in [1.165, 1.54) is 19.2 Å². The van der Waals surface area contributed by atoms with Crippen LogP contribution in [0.2, 0.25) is 0 Å². The predicted octanol–water partition coefficient (Wildman–Crippen LogP) is 4.47. The van der Waals surface area contributed by atoms with E-state index >= 15 is 0 Å². The second kappa shape index (κ2) is 8.57. The maximum Gasteiger partial charge on any atom is 0.421 e. The molecule has 0 spiro atoms. The molecule has 0 aromatic heterocycles. The zero-order chi connectivity index (χ0) is 23.1. The first-order valence-corrected chi connectivity index (χ1v) is 10.8. The number of fused-ring (bicyclic) bond motifs is 1. The molecule has 8 heteroatoms. The highest BCUT2D eigenvalue weighted by molar-refractivity contribution is 5.64. The first-order valence-electron chi connectivity index (χ1n) is 10.8. The van der Waals surface area contributed by atoms with Crippen molar-refractivity contribution >= 4 is 5.69 Å². The summed E-state index contributed by atoms with van der Waals surface area (Å²) in [5.41, 5.74) is -0.737. The molecule has 1 saturated heterocycles. The first-order chi connectivity index (χ1) is 15.2. The smallest absolute Gasteiger partial charge is 0.421 e. The van der Waals surface area contributed by atoms with Gasteiger partial charge >= 0.3 is 6.18 Å². The molecule has 174 valence electrons. The summed E-state index contributed by atoms with van der Waals surface area (Å²) in [6.07, 6.45) is -3.96. The molecule has 0 amide bonds. The molecule has 0 aliphatic carbocycles. The molecule has 0 radical (unpaired) electrons. The molecule has 2 aromatic carbocycles. The Morgan fingerprint density at radius 1 is 1.22 bits per heavy atom. The first kappa shape index (κ1) is 22.9. The van der Waals surface area contributed by atoms with E-state index in [9.17, 15) is 18.3 Å². The molecule has 2 aromatic rings. The van der Waals surface area contributed by atoms with Gasteiger partial charge in [0.2, 0.25) is 0 Å². The third-order valence-electron chi connectivity index (χ3n) is 6.76. The summed E-state index contributed by atoms with van der Waals surface area (Å²) < 4.78 is 52.8. The molecule has 2 aliphatic rings. The number of hydrogen-bond donors (Lipinski definition) is 2. The molecule has 2 aliphatic heterocycles. The minimum atomic E-state index is -4.63. The number of nitrogens with one attached hydrogen (secondary N) is 1. The van der Waals surface area contributed by atoms with Crippen molar-refractivity contribution in [3.63, 3.8) is 0 Å². The summed E-state index contributed by atoms with van der Waals surface area (Å²) >= 11 is 0. The van der Waals surface area contributed by atoms with Gasteiger partial charge in [-0.1, -0.05) is 30.3 Å². The highest BCUT2D eigenvalue weighted by Crippen LogP contribution is 2.50. The third-order valence-corrected chi connectivity index (χ3v) is 6.76. The number of likely N-dealkylation sites (N-methyl/N-ethyl adjacent to an activating group) is 1. The largest absolute Gasteiger partial charge is 0.495 e. The highest BCUT2D eigenvalue weighted by atomic mass is 19.4. The van der Waals surface area contributed by atoms with Gasteiger partial charge < -0.3 is 24.8 Å². The number of ether oxygens (including phenoxy) is 2. The fraction of sp³-hybridized carbons (Fsp3) is 0.500. The standard InChI is InChI=1S/C24H29F3N2O3/c1-23(24(25,26)27)17-13-19(21(31-3)12-16(17)20(30)14-32-23)29(2)18-10-7-11-28-22(18)15-8-5-4-6-9-15/h4-6,8-9,12-13,18,20,22,28,30H,7,10-11,14H2,1-3H3/t18-,20?,22-,23?/m0/s1. The van der Waals surface area contributed by atoms with E-state index in [-0.39, 0.29) is 23.2 Å². The second-order valence-corrected chi connectivity index (χ2v) is 8.63. The van der Waals surface area contributed by atoms with Gasteiger partial charge in [-0.05, 0) is 49.6 Å². The lowest BCUT2D eigenvalue weighted by atomic mass is 9.84. The Balaban J connectivity index is 1.80. The van der Waals surface area contributed by atoms with Crippen molar-refractivity contribution in [1.29, 1.82) is 0 Å². The van der Waals surface area contributed by atoms with E-state index in [1.54, 1.807) is 0 Å². The molecule has 2 N–H and O–H groups in total. The number of benzene rings is 2. The molecule has 4 atom stereocenters. The monoisotopic (exact) mass is 450 g/mol. The fourth-order valence-corrected chi connectivity index (χ4v) is 4.83. The zero-order valence-electron chi connectivity index (χ0n) is 18.4. The molecule has 2 heterocycles. The molecule has 1 fully saturated rings. The van der Waals surface area contributed by atoms with E-state index < -0.39 is 24.5 Å². The van der Waals surface area contributed by atoms with Crippen molar-refractivity contribution in [2.75, 3.05) is 32.2 Å². The van der Waals surface area contributed by atoms with Crippen LogP contribution in [0.25, 0.3) is 0 Å². The van der Waals surface area contributed by atoms with Crippen LogP contribution in [-0.4, -0.2) is 44.6 Å². The van der Waals surface area contributed by atoms with Gasteiger partial charge in [0.25, 0.3) is 0 Å². The Morgan fingerprint density at radius 3 is 2.59 bits per heavy atom. The summed E-state index contributed by atoms with van der Waals surface area (Å²) in [6.45, 7) is 1.46. The van der Waals surface area contributed by atoms with Crippen LogP contribution < -0.4 is 15.0 Å². The number of anilines is 1. The van der Waals surface area contributed by atoms with Gasteiger partial charge in [0.1, 0.15) is 11.9 Å². The van der Waals surface area contributed by atoms with Crippen LogP contribution in [0.15, 0.2) is 42.5 Å². The number of methoxy groups -OCH3 is 1. The lowest BCUT2D eigenvalue weighted by molar-refractivity contribution is -0.288. The van der Waals surface area contributed by atoms with Crippen molar-refractivity contribution in [2.45, 2.75) is 49.7 Å². The Hall–Kier alpha value is -2.29. The van der Waals surface area contributed by atoms with Crippen LogP contribution >= 0.6 is 0 Å². The number of aliphatic hydroxyl groups is 1. The number of halogens is 3. The quantitative estimate of drug-likeness (QED) is 0.720. The van der Waals surface area contributed by atoms with E-state index in [0.29, 0.717) is 11.4 Å². The van der Waals surface area contributed by atoms with Crippen LogP contribution in [0.1, 0.15) is 48.6 Å². The minimum absolute atomic E-state index is 0.00433. The zero-order valence-corrected chi connectivity index (χ0v) is 18.4. The van der Waals surface area contributed by atoms with Crippen molar-refractivity contribution in [2.24, 2.45) is 0 Å². The van der Waals surface area contributed by atoms with Gasteiger partial charge in [0.15, 0.2) is 5.60 Å². The molecule has 2 unspecified atom stereocenters. The van der Waals surface area contributed by atoms with E-state index in [0.717, 1.165) is 31.9 Å². The molecule has 0 saturated carbocycles. The molecule has 0 bridgehead atoms. The lowest BCUT2D eigenvalue weighted by Gasteiger charge is -2.43. The lowest BCUT2D eigenvalue weighted by Crippen LogP contribution is -2.48. The van der Waals surface area contributed by atoms with Crippen LogP contribution in [0, 0.1) is 0 Å². The number of alkyl halides is 3. The van der Waals surface area contributed by atoms with Crippen LogP contribution in [0.5, 0.6) is 5.75 Å². The van der Waals surface area contributed by atoms with Crippen LogP contribution in [0.3, 0.4) is 0 Å². The number of aliphatic hydroxyl groups excluding tert-OH is 1. The predicted molar refractivity (Wildman–Crippen MR) is 116 cm³/mol. The van der Waals surface area contributed by atoms with E-state index in [1.807, 2.05) is 30.1 Å². The van der Waals surface area contributed by atoms with Gasteiger partial charge in [-0.15, -0.1) is 0 Å². The minimum Gasteiger partial charge on any atom is -0.495 e. The number of hydrogen-bond acceptors (Lipinski definition) is 5. The Kier molecular flexibility index (Phi) is 6.13. The van der Waals surface area contributed by atoms with E-state index in [2.05, 4.69) is 17.4 Å². The van der Waals surface area contributed by atoms with Gasteiger partial charge in [0.05, 0.1) is 25.4 Å². The van der Waals surface area contributed by atoms with Crippen LogP contribution in [0.4, 0.5) is 18.9 Å². The summed E-state index contributed by atoms with van der Waals surface area (Å²) in [5.74, 6) is 0.425. The number of piperidine rings is 1. The third kappa shape index (κ3) is 3.84. The summed E-state index contributed by atoms with van der Waals surface area (Å²) in [5, 5.41) is 13.9. The van der Waals surface area contributed by atoms with Gasteiger partial charge in [-0.3, -0.25) is 0 Å². The van der Waals surface area contributed by atoms with Gasteiger partial charge in [0, 0.05) is 18.7 Å². The molecule has 32 heavy (non-hydrogen) atoms. The second-order valence-electron chi connectivity index (χ2n) is 8.63. The van der Waals surface area contributed by atoms with Crippen molar-refractivity contribution in [3.05, 3.63) is 59.2 Å². The average Bonchev–Trinajstić information content (AvgIpc) is 2.80. The maximum atomic E-state index is 14.0. The molecular weight excluding hydrogens is 421 g/mol. The van der Waals surface area contributed by atoms with Crippen molar-refractivity contribution in [3.8, 4) is 5.75 Å². The maximum absolute atomic E-state index is 14.0. The highest BCUT2D eigenvalue weighted by Gasteiger charge is 2.57. The Bertz CT molecular complexity index is 953. The summed E-state index contributed by atoms with van der Waals surface area (Å²) in [6, 6.07) is 13.0. The fourth-order valence-electron chi connectivity index (χ4n) is 4.83. The van der Waals surface area contributed by atoms with E-state index in [4.69, 9.17) is 9.47 Å². The molecule has 4 rings (SSSR count). The molecular formula is C24H29F3N2O3. The number of rotatable bonds is 4.